The van der Waals surface area contributed by atoms with E-state index in [9.17, 15) is 4.79 Å². The normalized spacial score (nSPS) is 15.7. The fraction of sp³-hybridized carbons (Fsp3) is 0.345. The molecule has 1 amide bonds. The number of anilines is 1. The summed E-state index contributed by atoms with van der Waals surface area (Å²) in [6.45, 7) is 5.78. The largest absolute Gasteiger partial charge is 0.493 e. The Morgan fingerprint density at radius 1 is 1.00 bits per heavy atom. The van der Waals surface area contributed by atoms with Crippen LogP contribution in [0.5, 0.6) is 17.2 Å². The SMILES string of the molecule is COc1ccccc1OCC(=O)N1Cc2ccccc2NCc2ccccc2OC[C@@H]1CC(C)C. The maximum atomic E-state index is 13.7. The summed E-state index contributed by atoms with van der Waals surface area (Å²) in [5.41, 5.74) is 3.16. The summed E-state index contributed by atoms with van der Waals surface area (Å²) in [7, 11) is 1.59. The van der Waals surface area contributed by atoms with Crippen LogP contribution in [0.3, 0.4) is 0 Å². The number of carbonyl (C=O) groups excluding carboxylic acids is 1. The highest BCUT2D eigenvalue weighted by atomic mass is 16.5. The summed E-state index contributed by atoms with van der Waals surface area (Å²) in [6, 6.07) is 23.5. The molecule has 184 valence electrons. The molecule has 1 heterocycles. The standard InChI is InChI=1S/C29H34N2O4/c1-21(2)16-24-19-34-26-13-7-5-10-22(26)17-30-25-12-6-4-11-23(25)18-31(24)29(32)20-35-28-15-9-8-14-27(28)33-3/h4-15,21,24,30H,16-20H2,1-3H3/t24-/m0/s1. The summed E-state index contributed by atoms with van der Waals surface area (Å²) in [6.07, 6.45) is 0.818. The number of para-hydroxylation sites is 4. The third-order valence-electron chi connectivity index (χ3n) is 6.16. The zero-order chi connectivity index (χ0) is 24.6. The highest BCUT2D eigenvalue weighted by molar-refractivity contribution is 5.78. The van der Waals surface area contributed by atoms with Crippen LogP contribution >= 0.6 is 0 Å². The summed E-state index contributed by atoms with van der Waals surface area (Å²) >= 11 is 0. The third-order valence-corrected chi connectivity index (χ3v) is 6.16. The highest BCUT2D eigenvalue weighted by Gasteiger charge is 2.28. The lowest BCUT2D eigenvalue weighted by Crippen LogP contribution is -2.46. The number of carbonyl (C=O) groups is 1. The second-order valence-corrected chi connectivity index (χ2v) is 9.17. The molecule has 6 nitrogen and oxygen atoms in total. The lowest BCUT2D eigenvalue weighted by molar-refractivity contribution is -0.137. The first-order chi connectivity index (χ1) is 17.0. The van der Waals surface area contributed by atoms with E-state index in [4.69, 9.17) is 14.2 Å². The molecule has 1 aliphatic rings. The lowest BCUT2D eigenvalue weighted by Gasteiger charge is -2.33. The number of benzene rings is 3. The molecule has 1 atom stereocenters. The fourth-order valence-electron chi connectivity index (χ4n) is 4.39. The van der Waals surface area contributed by atoms with Crippen LogP contribution in [-0.4, -0.2) is 37.2 Å². The summed E-state index contributed by atoms with van der Waals surface area (Å²) in [4.78, 5) is 15.6. The van der Waals surface area contributed by atoms with Gasteiger partial charge in [0.05, 0.1) is 13.2 Å². The van der Waals surface area contributed by atoms with Gasteiger partial charge in [-0.25, -0.2) is 0 Å². The molecule has 1 aliphatic heterocycles. The van der Waals surface area contributed by atoms with Gasteiger partial charge in [-0.3, -0.25) is 4.79 Å². The first kappa shape index (κ1) is 24.5. The average Bonchev–Trinajstić information content (AvgIpc) is 2.90. The first-order valence-corrected chi connectivity index (χ1v) is 12.1. The van der Waals surface area contributed by atoms with Gasteiger partial charge in [0.2, 0.25) is 0 Å². The van der Waals surface area contributed by atoms with E-state index in [2.05, 4.69) is 37.4 Å². The molecule has 0 saturated carbocycles. The van der Waals surface area contributed by atoms with Gasteiger partial charge in [0.15, 0.2) is 18.1 Å². The van der Waals surface area contributed by atoms with E-state index in [1.807, 2.05) is 59.5 Å². The van der Waals surface area contributed by atoms with Gasteiger partial charge in [-0.1, -0.05) is 62.4 Å². The minimum absolute atomic E-state index is 0.0822. The molecule has 1 N–H and O–H groups in total. The van der Waals surface area contributed by atoms with Crippen molar-refractivity contribution in [3.05, 3.63) is 83.9 Å². The Morgan fingerprint density at radius 3 is 2.46 bits per heavy atom. The number of fused-ring (bicyclic) bond motifs is 2. The van der Waals surface area contributed by atoms with Crippen LogP contribution in [0.2, 0.25) is 0 Å². The summed E-state index contributed by atoms with van der Waals surface area (Å²) < 4.78 is 17.6. The lowest BCUT2D eigenvalue weighted by atomic mass is 10.0. The van der Waals surface area contributed by atoms with E-state index in [0.29, 0.717) is 37.1 Å². The van der Waals surface area contributed by atoms with Crippen molar-refractivity contribution in [2.24, 2.45) is 5.92 Å². The molecule has 0 aliphatic carbocycles. The number of amides is 1. The van der Waals surface area contributed by atoms with Crippen LogP contribution in [0.1, 0.15) is 31.4 Å². The molecule has 0 saturated heterocycles. The number of hydrogen-bond donors (Lipinski definition) is 1. The van der Waals surface area contributed by atoms with Gasteiger partial charge >= 0.3 is 0 Å². The molecule has 35 heavy (non-hydrogen) atoms. The molecule has 0 aromatic heterocycles. The summed E-state index contributed by atoms with van der Waals surface area (Å²) in [5, 5.41) is 3.54. The number of nitrogens with zero attached hydrogens (tertiary/aromatic N) is 1. The Balaban J connectivity index is 1.65. The summed E-state index contributed by atoms with van der Waals surface area (Å²) in [5.74, 6) is 2.29. The van der Waals surface area contributed by atoms with Crippen LogP contribution in [-0.2, 0) is 17.9 Å². The van der Waals surface area contributed by atoms with E-state index in [-0.39, 0.29) is 18.6 Å². The van der Waals surface area contributed by atoms with Crippen molar-refractivity contribution in [1.82, 2.24) is 4.90 Å². The van der Waals surface area contributed by atoms with Crippen molar-refractivity contribution < 1.29 is 19.0 Å². The quantitative estimate of drug-likeness (QED) is 0.510. The zero-order valence-electron chi connectivity index (χ0n) is 20.7. The van der Waals surface area contributed by atoms with Crippen molar-refractivity contribution in [3.8, 4) is 17.2 Å². The van der Waals surface area contributed by atoms with Gasteiger partial charge in [0, 0.05) is 24.3 Å². The Bertz CT molecular complexity index is 1130. The van der Waals surface area contributed by atoms with Gasteiger partial charge in [0.25, 0.3) is 5.91 Å². The number of hydrogen-bond acceptors (Lipinski definition) is 5. The average molecular weight is 475 g/mol. The van der Waals surface area contributed by atoms with Crippen molar-refractivity contribution in [2.75, 3.05) is 25.6 Å². The molecule has 3 aromatic carbocycles. The Hall–Kier alpha value is -3.67. The maximum absolute atomic E-state index is 13.7. The molecular weight excluding hydrogens is 440 g/mol. The van der Waals surface area contributed by atoms with Crippen molar-refractivity contribution in [1.29, 1.82) is 0 Å². The number of rotatable bonds is 6. The van der Waals surface area contributed by atoms with Crippen LogP contribution in [0.15, 0.2) is 72.8 Å². The predicted molar refractivity (Wildman–Crippen MR) is 138 cm³/mol. The van der Waals surface area contributed by atoms with Crippen molar-refractivity contribution >= 4 is 11.6 Å². The van der Waals surface area contributed by atoms with Gasteiger partial charge in [-0.15, -0.1) is 0 Å². The zero-order valence-corrected chi connectivity index (χ0v) is 20.7. The van der Waals surface area contributed by atoms with Crippen LogP contribution in [0.4, 0.5) is 5.69 Å². The second-order valence-electron chi connectivity index (χ2n) is 9.17. The molecule has 6 heteroatoms. The minimum Gasteiger partial charge on any atom is -0.493 e. The van der Waals surface area contributed by atoms with Gasteiger partial charge in [0.1, 0.15) is 12.4 Å². The molecule has 0 bridgehead atoms. The molecular formula is C29H34N2O4. The smallest absolute Gasteiger partial charge is 0.261 e. The predicted octanol–water partition coefficient (Wildman–Crippen LogP) is 5.52. The topological polar surface area (TPSA) is 60.0 Å². The van der Waals surface area contributed by atoms with E-state index < -0.39 is 0 Å². The van der Waals surface area contributed by atoms with Crippen LogP contribution < -0.4 is 19.5 Å². The highest BCUT2D eigenvalue weighted by Crippen LogP contribution is 2.28. The van der Waals surface area contributed by atoms with E-state index in [1.54, 1.807) is 7.11 Å². The first-order valence-electron chi connectivity index (χ1n) is 12.1. The number of nitrogens with one attached hydrogen (secondary N) is 1. The Labute approximate surface area is 207 Å². The Morgan fingerprint density at radius 2 is 1.69 bits per heavy atom. The second kappa shape index (κ2) is 11.6. The van der Waals surface area contributed by atoms with Gasteiger partial charge in [-0.2, -0.15) is 0 Å². The maximum Gasteiger partial charge on any atom is 0.261 e. The Kier molecular flexibility index (Phi) is 8.14. The number of ether oxygens (including phenoxy) is 3. The molecule has 0 fully saturated rings. The van der Waals surface area contributed by atoms with Crippen molar-refractivity contribution in [2.45, 2.75) is 39.4 Å². The van der Waals surface area contributed by atoms with Crippen molar-refractivity contribution in [3.63, 3.8) is 0 Å². The molecule has 0 spiro atoms. The van der Waals surface area contributed by atoms with Crippen LogP contribution in [0, 0.1) is 5.92 Å². The minimum atomic E-state index is -0.108. The van der Waals surface area contributed by atoms with E-state index in [0.717, 1.165) is 29.0 Å². The molecule has 0 radical (unpaired) electrons. The van der Waals surface area contributed by atoms with E-state index in [1.165, 1.54) is 0 Å². The monoisotopic (exact) mass is 474 g/mol. The molecule has 3 aromatic rings. The molecule has 4 rings (SSSR count). The van der Waals surface area contributed by atoms with Crippen LogP contribution in [0.25, 0.3) is 0 Å². The van der Waals surface area contributed by atoms with Gasteiger partial charge in [-0.05, 0) is 42.2 Å². The van der Waals surface area contributed by atoms with Gasteiger partial charge < -0.3 is 24.4 Å². The number of methoxy groups -OCH3 is 1. The van der Waals surface area contributed by atoms with E-state index >= 15 is 0 Å². The third kappa shape index (κ3) is 6.27. The fourth-order valence-corrected chi connectivity index (χ4v) is 4.39. The molecule has 0 unspecified atom stereocenters.